The summed E-state index contributed by atoms with van der Waals surface area (Å²) in [5, 5.41) is 19.7. The molecule has 0 bridgehead atoms. The van der Waals surface area contributed by atoms with Crippen LogP contribution in [-0.4, -0.2) is 55.9 Å². The quantitative estimate of drug-likeness (QED) is 0.614. The minimum Gasteiger partial charge on any atom is -0.481 e. The van der Waals surface area contributed by atoms with Crippen LogP contribution in [0.5, 0.6) is 0 Å². The number of aromatic nitrogens is 5. The van der Waals surface area contributed by atoms with Gasteiger partial charge in [-0.1, -0.05) is 6.07 Å². The molecule has 0 aromatic carbocycles. The maximum atomic E-state index is 10.8. The summed E-state index contributed by atoms with van der Waals surface area (Å²) in [5.41, 5.74) is 0.663. The molecule has 1 fully saturated rings. The van der Waals surface area contributed by atoms with Crippen LogP contribution in [0.3, 0.4) is 0 Å². The molecule has 1 aliphatic rings. The van der Waals surface area contributed by atoms with Gasteiger partial charge in [-0.15, -0.1) is 10.2 Å². The van der Waals surface area contributed by atoms with E-state index in [4.69, 9.17) is 14.5 Å². The standard InChI is InChI=1S/C19H21N7O3/c27-17(28)4-8-21-15-11-16(24-18(23-15)14-3-1-2-7-20-14)26-9-5-13(6-10-26)19-25-22-12-29-19/h1-3,7,11-13H,4-6,8-10H2,(H,27,28)(H,21,23,24). The number of carboxylic acid groups (broad SMARTS) is 1. The summed E-state index contributed by atoms with van der Waals surface area (Å²) in [4.78, 5) is 26.5. The van der Waals surface area contributed by atoms with E-state index in [0.717, 1.165) is 31.7 Å². The predicted molar refractivity (Wildman–Crippen MR) is 104 cm³/mol. The topological polar surface area (TPSA) is 130 Å². The first-order valence-corrected chi connectivity index (χ1v) is 9.46. The molecule has 1 saturated heterocycles. The third-order valence-corrected chi connectivity index (χ3v) is 4.80. The van der Waals surface area contributed by atoms with Crippen molar-refractivity contribution in [3.8, 4) is 11.5 Å². The normalized spacial score (nSPS) is 14.7. The Bertz CT molecular complexity index is 942. The maximum Gasteiger partial charge on any atom is 0.305 e. The van der Waals surface area contributed by atoms with Gasteiger partial charge in [-0.3, -0.25) is 9.78 Å². The molecule has 0 spiro atoms. The fourth-order valence-corrected chi connectivity index (χ4v) is 3.31. The number of nitrogens with zero attached hydrogens (tertiary/aromatic N) is 6. The lowest BCUT2D eigenvalue weighted by Crippen LogP contribution is -2.33. The Morgan fingerprint density at radius 3 is 2.83 bits per heavy atom. The van der Waals surface area contributed by atoms with E-state index in [1.54, 1.807) is 6.20 Å². The summed E-state index contributed by atoms with van der Waals surface area (Å²) in [6, 6.07) is 7.41. The largest absolute Gasteiger partial charge is 0.481 e. The fraction of sp³-hybridized carbons (Fsp3) is 0.368. The Morgan fingerprint density at radius 1 is 1.28 bits per heavy atom. The monoisotopic (exact) mass is 395 g/mol. The van der Waals surface area contributed by atoms with Gasteiger partial charge in [0.25, 0.3) is 0 Å². The summed E-state index contributed by atoms with van der Waals surface area (Å²) in [5.74, 6) is 1.93. The van der Waals surface area contributed by atoms with E-state index in [2.05, 4.69) is 30.4 Å². The molecule has 10 heteroatoms. The second kappa shape index (κ2) is 8.63. The van der Waals surface area contributed by atoms with E-state index in [0.29, 0.717) is 23.2 Å². The second-order valence-electron chi connectivity index (χ2n) is 6.76. The molecule has 3 aromatic heterocycles. The summed E-state index contributed by atoms with van der Waals surface area (Å²) < 4.78 is 5.34. The summed E-state index contributed by atoms with van der Waals surface area (Å²) in [6.07, 6.45) is 4.83. The van der Waals surface area contributed by atoms with E-state index in [9.17, 15) is 4.79 Å². The predicted octanol–water partition coefficient (Wildman–Crippen LogP) is 2.19. The van der Waals surface area contributed by atoms with Crippen LogP contribution in [0.15, 0.2) is 41.3 Å². The lowest BCUT2D eigenvalue weighted by molar-refractivity contribution is -0.136. The van der Waals surface area contributed by atoms with Crippen molar-refractivity contribution in [1.82, 2.24) is 25.1 Å². The van der Waals surface area contributed by atoms with Gasteiger partial charge in [0.1, 0.15) is 17.3 Å². The highest BCUT2D eigenvalue weighted by molar-refractivity contribution is 5.67. The van der Waals surface area contributed by atoms with E-state index in [1.807, 2.05) is 24.3 Å². The van der Waals surface area contributed by atoms with E-state index in [-0.39, 0.29) is 18.9 Å². The summed E-state index contributed by atoms with van der Waals surface area (Å²) in [7, 11) is 0. The number of hydrogen-bond acceptors (Lipinski definition) is 9. The van der Waals surface area contributed by atoms with Gasteiger partial charge in [0.15, 0.2) is 5.82 Å². The smallest absolute Gasteiger partial charge is 0.305 e. The molecule has 0 saturated carbocycles. The number of carboxylic acids is 1. The zero-order chi connectivity index (χ0) is 20.1. The second-order valence-corrected chi connectivity index (χ2v) is 6.76. The van der Waals surface area contributed by atoms with Crippen LogP contribution in [0.2, 0.25) is 0 Å². The van der Waals surface area contributed by atoms with Gasteiger partial charge in [0.05, 0.1) is 6.42 Å². The van der Waals surface area contributed by atoms with E-state index >= 15 is 0 Å². The van der Waals surface area contributed by atoms with Crippen molar-refractivity contribution in [3.05, 3.63) is 42.7 Å². The van der Waals surface area contributed by atoms with Crippen molar-refractivity contribution < 1.29 is 14.3 Å². The lowest BCUT2D eigenvalue weighted by atomic mass is 9.97. The molecule has 3 aromatic rings. The maximum absolute atomic E-state index is 10.8. The number of hydrogen-bond donors (Lipinski definition) is 2. The average molecular weight is 395 g/mol. The van der Waals surface area contributed by atoms with Gasteiger partial charge in [-0.05, 0) is 25.0 Å². The first-order chi connectivity index (χ1) is 14.2. The molecule has 2 N–H and O–H groups in total. The zero-order valence-electron chi connectivity index (χ0n) is 15.7. The van der Waals surface area contributed by atoms with E-state index < -0.39 is 5.97 Å². The molecular weight excluding hydrogens is 374 g/mol. The Morgan fingerprint density at radius 2 is 2.14 bits per heavy atom. The zero-order valence-corrected chi connectivity index (χ0v) is 15.7. The van der Waals surface area contributed by atoms with Crippen molar-refractivity contribution >= 4 is 17.6 Å². The fourth-order valence-electron chi connectivity index (χ4n) is 3.31. The first-order valence-electron chi connectivity index (χ1n) is 9.46. The molecule has 1 aliphatic heterocycles. The number of anilines is 2. The Balaban J connectivity index is 1.54. The highest BCUT2D eigenvalue weighted by atomic mass is 16.4. The van der Waals surface area contributed by atoms with Gasteiger partial charge in [-0.2, -0.15) is 0 Å². The van der Waals surface area contributed by atoms with E-state index in [1.165, 1.54) is 6.39 Å². The lowest BCUT2D eigenvalue weighted by Gasteiger charge is -2.31. The molecule has 150 valence electrons. The number of pyridine rings is 1. The number of carbonyl (C=O) groups is 1. The SMILES string of the molecule is O=C(O)CCNc1cc(N2CCC(c3nnco3)CC2)nc(-c2ccccn2)n1. The molecule has 4 heterocycles. The molecule has 0 aliphatic carbocycles. The molecular formula is C19H21N7O3. The van der Waals surface area contributed by atoms with Crippen LogP contribution < -0.4 is 10.2 Å². The van der Waals surface area contributed by atoms with Gasteiger partial charge in [0, 0.05) is 37.8 Å². The molecule has 0 unspecified atom stereocenters. The average Bonchev–Trinajstić information content (AvgIpc) is 3.29. The first kappa shape index (κ1) is 18.8. The number of piperidine rings is 1. The van der Waals surface area contributed by atoms with Crippen LogP contribution in [0.4, 0.5) is 11.6 Å². The molecule has 10 nitrogen and oxygen atoms in total. The van der Waals surface area contributed by atoms with Crippen molar-refractivity contribution in [2.24, 2.45) is 0 Å². The Labute approximate surface area is 167 Å². The Kier molecular flexibility index (Phi) is 5.59. The summed E-state index contributed by atoms with van der Waals surface area (Å²) >= 11 is 0. The third-order valence-electron chi connectivity index (χ3n) is 4.80. The van der Waals surface area contributed by atoms with Crippen molar-refractivity contribution in [2.45, 2.75) is 25.2 Å². The van der Waals surface area contributed by atoms with Crippen LogP contribution in [0.25, 0.3) is 11.5 Å². The molecule has 0 amide bonds. The summed E-state index contributed by atoms with van der Waals surface area (Å²) in [6.45, 7) is 1.87. The minimum absolute atomic E-state index is 0.00777. The van der Waals surface area contributed by atoms with Gasteiger partial charge in [-0.25, -0.2) is 9.97 Å². The van der Waals surface area contributed by atoms with Crippen LogP contribution >= 0.6 is 0 Å². The number of nitrogens with one attached hydrogen (secondary N) is 1. The third kappa shape index (κ3) is 4.65. The van der Waals surface area contributed by atoms with Crippen molar-refractivity contribution in [1.29, 1.82) is 0 Å². The van der Waals surface area contributed by atoms with Crippen LogP contribution in [0.1, 0.15) is 31.1 Å². The van der Waals surface area contributed by atoms with Crippen LogP contribution in [0, 0.1) is 0 Å². The molecule has 29 heavy (non-hydrogen) atoms. The molecule has 0 radical (unpaired) electrons. The van der Waals surface area contributed by atoms with Crippen molar-refractivity contribution in [2.75, 3.05) is 29.9 Å². The highest BCUT2D eigenvalue weighted by Gasteiger charge is 2.25. The number of rotatable bonds is 7. The van der Waals surface area contributed by atoms with Gasteiger partial charge in [0.2, 0.25) is 12.3 Å². The highest BCUT2D eigenvalue weighted by Crippen LogP contribution is 2.30. The molecule has 4 rings (SSSR count). The molecule has 0 atom stereocenters. The van der Waals surface area contributed by atoms with Crippen molar-refractivity contribution in [3.63, 3.8) is 0 Å². The minimum atomic E-state index is -0.861. The van der Waals surface area contributed by atoms with Gasteiger partial charge < -0.3 is 19.7 Å². The number of aliphatic carboxylic acids is 1. The van der Waals surface area contributed by atoms with Crippen LogP contribution in [-0.2, 0) is 4.79 Å². The van der Waals surface area contributed by atoms with Gasteiger partial charge >= 0.3 is 5.97 Å². The Hall–Kier alpha value is -3.56.